The van der Waals surface area contributed by atoms with Crippen molar-refractivity contribution >= 4 is 0 Å². The van der Waals surface area contributed by atoms with Crippen molar-refractivity contribution in [2.24, 2.45) is 5.92 Å². The molecule has 2 atom stereocenters. The lowest BCUT2D eigenvalue weighted by Crippen LogP contribution is -2.23. The van der Waals surface area contributed by atoms with Gasteiger partial charge in [0.25, 0.3) is 0 Å². The van der Waals surface area contributed by atoms with E-state index in [-0.39, 0.29) is 13.4 Å². The van der Waals surface area contributed by atoms with Gasteiger partial charge in [0.2, 0.25) is 6.79 Å². The topological polar surface area (TPSA) is 71.0 Å². The van der Waals surface area contributed by atoms with Crippen molar-refractivity contribution in [2.45, 2.75) is 25.9 Å². The molecule has 0 aliphatic carbocycles. The Morgan fingerprint density at radius 3 is 2.90 bits per heavy atom. The molecule has 0 fully saturated rings. The van der Waals surface area contributed by atoms with Crippen LogP contribution < -0.4 is 14.8 Å². The van der Waals surface area contributed by atoms with Gasteiger partial charge in [-0.15, -0.1) is 0 Å². The van der Waals surface area contributed by atoms with Crippen LogP contribution in [0.4, 0.5) is 0 Å². The molecule has 1 aliphatic rings. The van der Waals surface area contributed by atoms with Crippen LogP contribution in [0, 0.1) is 5.92 Å². The van der Waals surface area contributed by atoms with Crippen LogP contribution in [-0.4, -0.2) is 36.7 Å². The molecular formula is C15H23NO4. The molecule has 0 bridgehead atoms. The van der Waals surface area contributed by atoms with Crippen molar-refractivity contribution in [3.8, 4) is 11.5 Å². The SMILES string of the molecule is CC(CO)CCCNCC(O)c1ccc2c(c1)OCO2. The molecule has 2 unspecified atom stereocenters. The molecule has 0 amide bonds. The van der Waals surface area contributed by atoms with Crippen LogP contribution >= 0.6 is 0 Å². The lowest BCUT2D eigenvalue weighted by Gasteiger charge is -2.13. The van der Waals surface area contributed by atoms with Gasteiger partial charge in [0, 0.05) is 13.2 Å². The number of benzene rings is 1. The molecule has 0 radical (unpaired) electrons. The Balaban J connectivity index is 1.71. The first-order valence-corrected chi connectivity index (χ1v) is 7.10. The summed E-state index contributed by atoms with van der Waals surface area (Å²) in [5.74, 6) is 1.76. The van der Waals surface area contributed by atoms with Crippen LogP contribution in [0.15, 0.2) is 18.2 Å². The van der Waals surface area contributed by atoms with Crippen LogP contribution in [0.2, 0.25) is 0 Å². The summed E-state index contributed by atoms with van der Waals surface area (Å²) < 4.78 is 10.5. The molecule has 1 aliphatic heterocycles. The lowest BCUT2D eigenvalue weighted by molar-refractivity contribution is 0.170. The predicted molar refractivity (Wildman–Crippen MR) is 75.9 cm³/mol. The number of fused-ring (bicyclic) bond motifs is 1. The predicted octanol–water partition coefficient (Wildman–Crippen LogP) is 1.45. The van der Waals surface area contributed by atoms with E-state index in [1.54, 1.807) is 0 Å². The molecule has 1 aromatic carbocycles. The zero-order valence-corrected chi connectivity index (χ0v) is 11.8. The fourth-order valence-corrected chi connectivity index (χ4v) is 2.14. The summed E-state index contributed by atoms with van der Waals surface area (Å²) in [6.07, 6.45) is 1.43. The summed E-state index contributed by atoms with van der Waals surface area (Å²) in [6.45, 7) is 3.86. The second-order valence-electron chi connectivity index (χ2n) is 5.26. The Morgan fingerprint density at radius 1 is 1.30 bits per heavy atom. The van der Waals surface area contributed by atoms with E-state index in [1.165, 1.54) is 0 Å². The summed E-state index contributed by atoms with van der Waals surface area (Å²) >= 11 is 0. The van der Waals surface area contributed by atoms with Crippen LogP contribution in [-0.2, 0) is 0 Å². The number of nitrogens with one attached hydrogen (secondary N) is 1. The van der Waals surface area contributed by atoms with Gasteiger partial charge < -0.3 is 25.0 Å². The molecule has 0 spiro atoms. The third-order valence-electron chi connectivity index (χ3n) is 3.48. The second kappa shape index (κ2) is 7.47. The van der Waals surface area contributed by atoms with Crippen molar-refractivity contribution in [1.29, 1.82) is 0 Å². The van der Waals surface area contributed by atoms with E-state index in [0.717, 1.165) is 30.7 Å². The van der Waals surface area contributed by atoms with Gasteiger partial charge in [-0.1, -0.05) is 13.0 Å². The maximum absolute atomic E-state index is 10.1. The van der Waals surface area contributed by atoms with Crippen LogP contribution in [0.3, 0.4) is 0 Å². The van der Waals surface area contributed by atoms with Gasteiger partial charge in [-0.05, 0) is 43.0 Å². The first-order chi connectivity index (χ1) is 9.70. The first kappa shape index (κ1) is 15.1. The van der Waals surface area contributed by atoms with E-state index in [4.69, 9.17) is 14.6 Å². The van der Waals surface area contributed by atoms with E-state index < -0.39 is 6.10 Å². The van der Waals surface area contributed by atoms with Gasteiger partial charge in [-0.25, -0.2) is 0 Å². The van der Waals surface area contributed by atoms with Crippen molar-refractivity contribution in [3.05, 3.63) is 23.8 Å². The minimum absolute atomic E-state index is 0.236. The van der Waals surface area contributed by atoms with Gasteiger partial charge in [-0.2, -0.15) is 0 Å². The number of aliphatic hydroxyl groups excluding tert-OH is 2. The van der Waals surface area contributed by atoms with Gasteiger partial charge in [0.1, 0.15) is 0 Å². The Bertz CT molecular complexity index is 424. The van der Waals surface area contributed by atoms with E-state index in [0.29, 0.717) is 18.2 Å². The number of aliphatic hydroxyl groups is 2. The fraction of sp³-hybridized carbons (Fsp3) is 0.600. The fourth-order valence-electron chi connectivity index (χ4n) is 2.14. The molecule has 3 N–H and O–H groups in total. The number of hydrogen-bond donors (Lipinski definition) is 3. The van der Waals surface area contributed by atoms with Crippen molar-refractivity contribution in [3.63, 3.8) is 0 Å². The average Bonchev–Trinajstić information content (AvgIpc) is 2.93. The maximum atomic E-state index is 10.1. The highest BCUT2D eigenvalue weighted by Crippen LogP contribution is 2.34. The van der Waals surface area contributed by atoms with Gasteiger partial charge >= 0.3 is 0 Å². The molecule has 0 aromatic heterocycles. The molecule has 20 heavy (non-hydrogen) atoms. The van der Waals surface area contributed by atoms with E-state index in [2.05, 4.69) is 5.32 Å². The van der Waals surface area contributed by atoms with Crippen molar-refractivity contribution < 1.29 is 19.7 Å². The van der Waals surface area contributed by atoms with E-state index in [1.807, 2.05) is 25.1 Å². The highest BCUT2D eigenvalue weighted by atomic mass is 16.7. The highest BCUT2D eigenvalue weighted by Gasteiger charge is 2.16. The molecule has 112 valence electrons. The second-order valence-corrected chi connectivity index (χ2v) is 5.26. The zero-order valence-electron chi connectivity index (χ0n) is 11.8. The maximum Gasteiger partial charge on any atom is 0.231 e. The molecule has 0 saturated heterocycles. The van der Waals surface area contributed by atoms with Crippen LogP contribution in [0.5, 0.6) is 11.5 Å². The molecule has 1 heterocycles. The molecular weight excluding hydrogens is 258 g/mol. The minimum atomic E-state index is -0.556. The molecule has 5 nitrogen and oxygen atoms in total. The smallest absolute Gasteiger partial charge is 0.231 e. The third-order valence-corrected chi connectivity index (χ3v) is 3.48. The Labute approximate surface area is 119 Å². The van der Waals surface area contributed by atoms with Crippen LogP contribution in [0.1, 0.15) is 31.4 Å². The average molecular weight is 281 g/mol. The molecule has 0 saturated carbocycles. The largest absolute Gasteiger partial charge is 0.454 e. The van der Waals surface area contributed by atoms with Gasteiger partial charge in [0.15, 0.2) is 11.5 Å². The third kappa shape index (κ3) is 4.10. The zero-order chi connectivity index (χ0) is 14.4. The van der Waals surface area contributed by atoms with Crippen molar-refractivity contribution in [2.75, 3.05) is 26.5 Å². The van der Waals surface area contributed by atoms with Gasteiger partial charge in [-0.3, -0.25) is 0 Å². The number of hydrogen-bond acceptors (Lipinski definition) is 5. The monoisotopic (exact) mass is 281 g/mol. The summed E-state index contributed by atoms with van der Waals surface area (Å²) in [5.41, 5.74) is 0.825. The standard InChI is InChI=1S/C15H23NO4/c1-11(9-17)3-2-6-16-8-13(18)12-4-5-14-15(7-12)20-10-19-14/h4-5,7,11,13,16-18H,2-3,6,8-10H2,1H3. The summed E-state index contributed by atoms with van der Waals surface area (Å²) in [4.78, 5) is 0. The Kier molecular flexibility index (Phi) is 5.64. The summed E-state index contributed by atoms with van der Waals surface area (Å²) in [6, 6.07) is 5.50. The first-order valence-electron chi connectivity index (χ1n) is 7.10. The number of ether oxygens (including phenoxy) is 2. The van der Waals surface area contributed by atoms with Gasteiger partial charge in [0.05, 0.1) is 6.10 Å². The summed E-state index contributed by atoms with van der Waals surface area (Å²) in [5, 5.41) is 22.3. The highest BCUT2D eigenvalue weighted by molar-refractivity contribution is 5.45. The Morgan fingerprint density at radius 2 is 2.10 bits per heavy atom. The quantitative estimate of drug-likeness (QED) is 0.629. The summed E-state index contributed by atoms with van der Waals surface area (Å²) in [7, 11) is 0. The molecule has 2 rings (SSSR count). The Hall–Kier alpha value is -1.30. The van der Waals surface area contributed by atoms with Crippen LogP contribution in [0.25, 0.3) is 0 Å². The molecule has 5 heteroatoms. The van der Waals surface area contributed by atoms with Crippen molar-refractivity contribution in [1.82, 2.24) is 5.32 Å². The minimum Gasteiger partial charge on any atom is -0.454 e. The van der Waals surface area contributed by atoms with E-state index >= 15 is 0 Å². The van der Waals surface area contributed by atoms with E-state index in [9.17, 15) is 5.11 Å². The molecule has 1 aromatic rings. The normalized spacial score (nSPS) is 16.1. The lowest BCUT2D eigenvalue weighted by atomic mass is 10.1. The number of rotatable bonds is 8.